The van der Waals surface area contributed by atoms with Crippen LogP contribution in [0.2, 0.25) is 5.02 Å². The molecular weight excluding hydrogens is 312 g/mol. The molecule has 120 valence electrons. The summed E-state index contributed by atoms with van der Waals surface area (Å²) in [7, 11) is 0. The number of amides is 2. The lowest BCUT2D eigenvalue weighted by atomic mass is 10.0. The Kier molecular flexibility index (Phi) is 5.77. The maximum absolute atomic E-state index is 12.3. The van der Waals surface area contributed by atoms with Gasteiger partial charge in [-0.1, -0.05) is 47.5 Å². The number of halogens is 1. The van der Waals surface area contributed by atoms with E-state index in [2.05, 4.69) is 10.6 Å². The normalized spacial score (nSPS) is 11.6. The zero-order valence-electron chi connectivity index (χ0n) is 13.1. The van der Waals surface area contributed by atoms with Gasteiger partial charge in [0.1, 0.15) is 0 Å². The fourth-order valence-electron chi connectivity index (χ4n) is 2.26. The molecule has 0 aliphatic heterocycles. The molecule has 0 aliphatic rings. The number of rotatable bonds is 5. The van der Waals surface area contributed by atoms with Gasteiger partial charge in [0.25, 0.3) is 0 Å². The van der Waals surface area contributed by atoms with Crippen molar-refractivity contribution in [1.29, 1.82) is 0 Å². The van der Waals surface area contributed by atoms with Crippen LogP contribution in [0.25, 0.3) is 0 Å². The molecule has 5 heteroatoms. The second-order valence-corrected chi connectivity index (χ2v) is 5.86. The van der Waals surface area contributed by atoms with Crippen molar-refractivity contribution < 1.29 is 9.59 Å². The van der Waals surface area contributed by atoms with E-state index < -0.39 is 0 Å². The molecular formula is C18H19ClN2O2. The number of aryl methyl sites for hydroxylation is 1. The van der Waals surface area contributed by atoms with Gasteiger partial charge in [0.05, 0.1) is 12.5 Å². The van der Waals surface area contributed by atoms with Gasteiger partial charge in [-0.3, -0.25) is 9.59 Å². The Morgan fingerprint density at radius 1 is 1.13 bits per heavy atom. The first kappa shape index (κ1) is 17.0. The number of benzene rings is 2. The van der Waals surface area contributed by atoms with E-state index in [9.17, 15) is 9.59 Å². The fraction of sp³-hybridized carbons (Fsp3) is 0.222. The van der Waals surface area contributed by atoms with Crippen LogP contribution in [0.15, 0.2) is 48.5 Å². The molecule has 0 heterocycles. The van der Waals surface area contributed by atoms with Crippen molar-refractivity contribution in [3.05, 3.63) is 64.7 Å². The second kappa shape index (κ2) is 7.79. The minimum absolute atomic E-state index is 0.148. The fourth-order valence-corrected chi connectivity index (χ4v) is 2.45. The van der Waals surface area contributed by atoms with Gasteiger partial charge >= 0.3 is 0 Å². The molecule has 0 spiro atoms. The average Bonchev–Trinajstić information content (AvgIpc) is 2.46. The molecule has 2 aromatic carbocycles. The number of hydrogen-bond acceptors (Lipinski definition) is 2. The van der Waals surface area contributed by atoms with Gasteiger partial charge < -0.3 is 10.6 Å². The van der Waals surface area contributed by atoms with E-state index in [0.717, 1.165) is 11.1 Å². The van der Waals surface area contributed by atoms with Gasteiger partial charge in [-0.25, -0.2) is 0 Å². The quantitative estimate of drug-likeness (QED) is 0.874. The van der Waals surface area contributed by atoms with Gasteiger partial charge in [0, 0.05) is 17.6 Å². The van der Waals surface area contributed by atoms with Crippen LogP contribution in [0.5, 0.6) is 0 Å². The largest absolute Gasteiger partial charge is 0.349 e. The topological polar surface area (TPSA) is 58.2 Å². The molecule has 1 atom stereocenters. The summed E-state index contributed by atoms with van der Waals surface area (Å²) in [5, 5.41) is 6.17. The van der Waals surface area contributed by atoms with Gasteiger partial charge in [-0.05, 0) is 30.7 Å². The number of nitrogens with one attached hydrogen (secondary N) is 2. The van der Waals surface area contributed by atoms with Gasteiger partial charge in [-0.15, -0.1) is 0 Å². The van der Waals surface area contributed by atoms with Crippen molar-refractivity contribution in [3.63, 3.8) is 0 Å². The number of carbonyl (C=O) groups excluding carboxylic acids is 2. The molecule has 0 saturated carbocycles. The van der Waals surface area contributed by atoms with Crippen LogP contribution >= 0.6 is 11.6 Å². The molecule has 2 aromatic rings. The highest BCUT2D eigenvalue weighted by molar-refractivity contribution is 6.30. The summed E-state index contributed by atoms with van der Waals surface area (Å²) in [5.74, 6) is -0.363. The molecule has 0 bridgehead atoms. The molecule has 0 aliphatic carbocycles. The van der Waals surface area contributed by atoms with Crippen molar-refractivity contribution in [2.45, 2.75) is 26.3 Å². The summed E-state index contributed by atoms with van der Waals surface area (Å²) in [6, 6.07) is 14.3. The van der Waals surface area contributed by atoms with Crippen molar-refractivity contribution in [2.75, 3.05) is 5.32 Å². The number of carbonyl (C=O) groups is 2. The minimum Gasteiger partial charge on any atom is -0.349 e. The van der Waals surface area contributed by atoms with E-state index in [1.54, 1.807) is 24.3 Å². The molecule has 0 fully saturated rings. The maximum Gasteiger partial charge on any atom is 0.226 e. The Labute approximate surface area is 140 Å². The van der Waals surface area contributed by atoms with E-state index in [1.807, 2.05) is 31.2 Å². The second-order valence-electron chi connectivity index (χ2n) is 5.43. The van der Waals surface area contributed by atoms with Crippen molar-refractivity contribution in [1.82, 2.24) is 5.32 Å². The molecule has 2 N–H and O–H groups in total. The Hall–Kier alpha value is -2.33. The van der Waals surface area contributed by atoms with E-state index in [1.165, 1.54) is 6.92 Å². The van der Waals surface area contributed by atoms with Gasteiger partial charge in [-0.2, -0.15) is 0 Å². The number of hydrogen-bond donors (Lipinski definition) is 2. The van der Waals surface area contributed by atoms with Crippen molar-refractivity contribution in [3.8, 4) is 0 Å². The zero-order valence-corrected chi connectivity index (χ0v) is 13.9. The Balaban J connectivity index is 2.09. The number of anilines is 1. The summed E-state index contributed by atoms with van der Waals surface area (Å²) in [6.45, 7) is 3.43. The van der Waals surface area contributed by atoms with Crippen LogP contribution in [0.3, 0.4) is 0 Å². The van der Waals surface area contributed by atoms with E-state index in [4.69, 9.17) is 11.6 Å². The summed E-state index contributed by atoms with van der Waals surface area (Å²) in [6.07, 6.45) is 0.148. The summed E-state index contributed by atoms with van der Waals surface area (Å²) >= 11 is 5.91. The third-order valence-electron chi connectivity index (χ3n) is 3.36. The Morgan fingerprint density at radius 3 is 2.43 bits per heavy atom. The first-order valence-electron chi connectivity index (χ1n) is 7.33. The van der Waals surface area contributed by atoms with E-state index in [-0.39, 0.29) is 24.3 Å². The highest BCUT2D eigenvalue weighted by Gasteiger charge is 2.17. The molecule has 0 radical (unpaired) electrons. The van der Waals surface area contributed by atoms with Crippen LogP contribution in [-0.4, -0.2) is 11.8 Å². The Morgan fingerprint density at radius 2 is 1.83 bits per heavy atom. The van der Waals surface area contributed by atoms with Gasteiger partial charge in [0.15, 0.2) is 0 Å². The molecule has 2 rings (SSSR count). The molecule has 0 aromatic heterocycles. The van der Waals surface area contributed by atoms with E-state index in [0.29, 0.717) is 10.7 Å². The smallest absolute Gasteiger partial charge is 0.226 e. The molecule has 4 nitrogen and oxygen atoms in total. The highest BCUT2D eigenvalue weighted by Crippen LogP contribution is 2.20. The Bertz CT molecular complexity index is 698. The van der Waals surface area contributed by atoms with Crippen molar-refractivity contribution in [2.24, 2.45) is 0 Å². The first-order valence-corrected chi connectivity index (χ1v) is 7.71. The van der Waals surface area contributed by atoms with Gasteiger partial charge in [0.2, 0.25) is 11.8 Å². The molecule has 23 heavy (non-hydrogen) atoms. The summed E-state index contributed by atoms with van der Waals surface area (Å²) in [5.41, 5.74) is 2.65. The predicted molar refractivity (Wildman–Crippen MR) is 92.4 cm³/mol. The van der Waals surface area contributed by atoms with Crippen LogP contribution in [0.1, 0.15) is 30.5 Å². The predicted octanol–water partition coefficient (Wildman–Crippen LogP) is 3.85. The monoisotopic (exact) mass is 330 g/mol. The lowest BCUT2D eigenvalue weighted by Crippen LogP contribution is -2.29. The summed E-state index contributed by atoms with van der Waals surface area (Å²) < 4.78 is 0. The lowest BCUT2D eigenvalue weighted by Gasteiger charge is -2.18. The van der Waals surface area contributed by atoms with Crippen molar-refractivity contribution >= 4 is 29.1 Å². The third kappa shape index (κ3) is 5.42. The van der Waals surface area contributed by atoms with Crippen LogP contribution in [-0.2, 0) is 9.59 Å². The SMILES string of the molecule is CC(=O)NC(CC(=O)Nc1cccc(Cl)c1)c1ccc(C)cc1. The zero-order chi connectivity index (χ0) is 16.8. The van der Waals surface area contributed by atoms with Crippen LogP contribution in [0, 0.1) is 6.92 Å². The molecule has 0 saturated heterocycles. The molecule has 1 unspecified atom stereocenters. The molecule has 2 amide bonds. The summed E-state index contributed by atoms with van der Waals surface area (Å²) in [4.78, 5) is 23.7. The highest BCUT2D eigenvalue weighted by atomic mass is 35.5. The minimum atomic E-state index is -0.368. The maximum atomic E-state index is 12.3. The first-order chi connectivity index (χ1) is 10.9. The standard InChI is InChI=1S/C18H19ClN2O2/c1-12-6-8-14(9-7-12)17(20-13(2)22)11-18(23)21-16-5-3-4-15(19)10-16/h3-10,17H,11H2,1-2H3,(H,20,22)(H,21,23). The van der Waals surface area contributed by atoms with E-state index >= 15 is 0 Å². The average molecular weight is 331 g/mol. The lowest BCUT2D eigenvalue weighted by molar-refractivity contribution is -0.120. The van der Waals surface area contributed by atoms with Crippen LogP contribution < -0.4 is 10.6 Å². The third-order valence-corrected chi connectivity index (χ3v) is 3.59. The van der Waals surface area contributed by atoms with Crippen LogP contribution in [0.4, 0.5) is 5.69 Å².